The van der Waals surface area contributed by atoms with Gasteiger partial charge in [0, 0.05) is 32.2 Å². The van der Waals surface area contributed by atoms with Crippen LogP contribution in [0.3, 0.4) is 0 Å². The molecule has 0 unspecified atom stereocenters. The van der Waals surface area contributed by atoms with Crippen LogP contribution in [0.5, 0.6) is 11.5 Å². The molecule has 0 atom stereocenters. The third kappa shape index (κ3) is 5.02. The first-order valence-electron chi connectivity index (χ1n) is 7.44. The molecule has 0 amide bonds. The number of nitrogens with one attached hydrogen (secondary N) is 1. The van der Waals surface area contributed by atoms with Gasteiger partial charge in [-0.1, -0.05) is 6.07 Å². The van der Waals surface area contributed by atoms with E-state index in [1.807, 2.05) is 19.1 Å². The second-order valence-electron chi connectivity index (χ2n) is 5.04. The highest BCUT2D eigenvalue weighted by Crippen LogP contribution is 2.28. The van der Waals surface area contributed by atoms with Crippen molar-refractivity contribution >= 4 is 0 Å². The predicted molar refractivity (Wildman–Crippen MR) is 79.5 cm³/mol. The van der Waals surface area contributed by atoms with E-state index in [-0.39, 0.29) is 0 Å². The first kappa shape index (κ1) is 15.1. The van der Waals surface area contributed by atoms with E-state index in [9.17, 15) is 0 Å². The monoisotopic (exact) mass is 279 g/mol. The fraction of sp³-hybridized carbons (Fsp3) is 0.625. The second kappa shape index (κ2) is 8.12. The van der Waals surface area contributed by atoms with Gasteiger partial charge in [0.05, 0.1) is 13.7 Å². The predicted octanol–water partition coefficient (Wildman–Crippen LogP) is 2.75. The van der Waals surface area contributed by atoms with E-state index in [1.165, 1.54) is 18.4 Å². The largest absolute Gasteiger partial charge is 0.493 e. The van der Waals surface area contributed by atoms with Gasteiger partial charge in [-0.3, -0.25) is 0 Å². The zero-order valence-corrected chi connectivity index (χ0v) is 12.5. The van der Waals surface area contributed by atoms with Crippen LogP contribution in [0.15, 0.2) is 18.2 Å². The van der Waals surface area contributed by atoms with Gasteiger partial charge in [0.2, 0.25) is 0 Å². The molecule has 1 saturated carbocycles. The van der Waals surface area contributed by atoms with Crippen LogP contribution in [0.4, 0.5) is 0 Å². The minimum atomic E-state index is 0.649. The van der Waals surface area contributed by atoms with Crippen molar-refractivity contribution in [3.05, 3.63) is 23.8 Å². The smallest absolute Gasteiger partial charge is 0.161 e. The summed E-state index contributed by atoms with van der Waals surface area (Å²) in [5.74, 6) is 1.61. The fourth-order valence-corrected chi connectivity index (χ4v) is 1.98. The molecule has 0 heterocycles. The van der Waals surface area contributed by atoms with Crippen molar-refractivity contribution in [3.63, 3.8) is 0 Å². The molecule has 0 spiro atoms. The molecule has 0 aliphatic heterocycles. The summed E-state index contributed by atoms with van der Waals surface area (Å²) in [6.07, 6.45) is 3.50. The first-order valence-corrected chi connectivity index (χ1v) is 7.44. The highest BCUT2D eigenvalue weighted by Gasteiger charge is 2.20. The lowest BCUT2D eigenvalue weighted by molar-refractivity contribution is 0.130. The van der Waals surface area contributed by atoms with Gasteiger partial charge >= 0.3 is 0 Å². The highest BCUT2D eigenvalue weighted by atomic mass is 16.5. The lowest BCUT2D eigenvalue weighted by Gasteiger charge is -2.12. The molecule has 4 nitrogen and oxygen atoms in total. The number of benzene rings is 1. The minimum Gasteiger partial charge on any atom is -0.493 e. The summed E-state index contributed by atoms with van der Waals surface area (Å²) >= 11 is 0. The summed E-state index contributed by atoms with van der Waals surface area (Å²) in [6, 6.07) is 6.85. The Morgan fingerprint density at radius 2 is 2.05 bits per heavy atom. The van der Waals surface area contributed by atoms with Crippen LogP contribution in [-0.2, 0) is 11.3 Å². The Labute approximate surface area is 121 Å². The van der Waals surface area contributed by atoms with Crippen molar-refractivity contribution in [2.24, 2.45) is 0 Å². The SMILES string of the molecule is CCOCCCOc1ccc(CNC2CC2)cc1OC. The van der Waals surface area contributed by atoms with E-state index < -0.39 is 0 Å². The van der Waals surface area contributed by atoms with E-state index in [4.69, 9.17) is 14.2 Å². The second-order valence-corrected chi connectivity index (χ2v) is 5.04. The highest BCUT2D eigenvalue weighted by molar-refractivity contribution is 5.43. The minimum absolute atomic E-state index is 0.649. The number of methoxy groups -OCH3 is 1. The van der Waals surface area contributed by atoms with Gasteiger partial charge in [0.15, 0.2) is 11.5 Å². The summed E-state index contributed by atoms with van der Waals surface area (Å²) in [5.41, 5.74) is 1.23. The molecule has 112 valence electrons. The Kier molecular flexibility index (Phi) is 6.15. The Morgan fingerprint density at radius 3 is 2.75 bits per heavy atom. The lowest BCUT2D eigenvalue weighted by Crippen LogP contribution is -2.15. The van der Waals surface area contributed by atoms with Gasteiger partial charge in [-0.05, 0) is 37.5 Å². The van der Waals surface area contributed by atoms with Crippen LogP contribution in [0.25, 0.3) is 0 Å². The topological polar surface area (TPSA) is 39.7 Å². The summed E-state index contributed by atoms with van der Waals surface area (Å²) in [7, 11) is 1.68. The van der Waals surface area contributed by atoms with Gasteiger partial charge in [-0.15, -0.1) is 0 Å². The molecule has 1 aromatic carbocycles. The van der Waals surface area contributed by atoms with Gasteiger partial charge in [-0.2, -0.15) is 0 Å². The normalized spacial score (nSPS) is 14.3. The van der Waals surface area contributed by atoms with Gasteiger partial charge < -0.3 is 19.5 Å². The summed E-state index contributed by atoms with van der Waals surface area (Å²) < 4.78 is 16.4. The van der Waals surface area contributed by atoms with E-state index in [0.717, 1.165) is 43.7 Å². The lowest BCUT2D eigenvalue weighted by atomic mass is 10.2. The van der Waals surface area contributed by atoms with Crippen molar-refractivity contribution in [3.8, 4) is 11.5 Å². The third-order valence-electron chi connectivity index (χ3n) is 3.29. The van der Waals surface area contributed by atoms with Crippen LogP contribution in [-0.4, -0.2) is 33.0 Å². The molecular weight excluding hydrogens is 254 g/mol. The zero-order chi connectivity index (χ0) is 14.2. The maximum Gasteiger partial charge on any atom is 0.161 e. The van der Waals surface area contributed by atoms with Crippen LogP contribution in [0.2, 0.25) is 0 Å². The fourth-order valence-electron chi connectivity index (χ4n) is 1.98. The Balaban J connectivity index is 1.81. The molecule has 1 aliphatic carbocycles. The molecule has 1 aromatic rings. The van der Waals surface area contributed by atoms with Crippen LogP contribution >= 0.6 is 0 Å². The van der Waals surface area contributed by atoms with Gasteiger partial charge in [0.1, 0.15) is 0 Å². The molecule has 2 rings (SSSR count). The van der Waals surface area contributed by atoms with Crippen LogP contribution in [0, 0.1) is 0 Å². The molecule has 4 heteroatoms. The van der Waals surface area contributed by atoms with Crippen molar-refractivity contribution < 1.29 is 14.2 Å². The average Bonchev–Trinajstić information content (AvgIpc) is 3.29. The third-order valence-corrected chi connectivity index (χ3v) is 3.29. The maximum absolute atomic E-state index is 5.74. The van der Waals surface area contributed by atoms with Crippen molar-refractivity contribution in [2.75, 3.05) is 26.9 Å². The maximum atomic E-state index is 5.74. The van der Waals surface area contributed by atoms with E-state index >= 15 is 0 Å². The van der Waals surface area contributed by atoms with Crippen LogP contribution in [0.1, 0.15) is 31.7 Å². The number of hydrogen-bond acceptors (Lipinski definition) is 4. The molecule has 1 aliphatic rings. The van der Waals surface area contributed by atoms with E-state index in [1.54, 1.807) is 7.11 Å². The van der Waals surface area contributed by atoms with Crippen LogP contribution < -0.4 is 14.8 Å². The Bertz CT molecular complexity index is 405. The molecule has 0 saturated heterocycles. The molecule has 1 N–H and O–H groups in total. The van der Waals surface area contributed by atoms with Gasteiger partial charge in [-0.25, -0.2) is 0 Å². The van der Waals surface area contributed by atoms with E-state index in [2.05, 4.69) is 11.4 Å². The summed E-state index contributed by atoms with van der Waals surface area (Å²) in [6.45, 7) is 5.04. The first-order chi connectivity index (χ1) is 9.83. The van der Waals surface area contributed by atoms with Gasteiger partial charge in [0.25, 0.3) is 0 Å². The standard InChI is InChI=1S/C16H25NO3/c1-3-19-9-4-10-20-15-8-5-13(11-16(15)18-2)12-17-14-6-7-14/h5,8,11,14,17H,3-4,6-7,9-10,12H2,1-2H3. The zero-order valence-electron chi connectivity index (χ0n) is 12.5. The molecule has 0 radical (unpaired) electrons. The molecule has 20 heavy (non-hydrogen) atoms. The van der Waals surface area contributed by atoms with Crippen molar-refractivity contribution in [1.82, 2.24) is 5.32 Å². The number of rotatable bonds is 10. The van der Waals surface area contributed by atoms with E-state index in [0.29, 0.717) is 6.61 Å². The van der Waals surface area contributed by atoms with Crippen molar-refractivity contribution in [2.45, 2.75) is 38.8 Å². The molecule has 0 aromatic heterocycles. The quantitative estimate of drug-likeness (QED) is 0.669. The molecule has 1 fully saturated rings. The average molecular weight is 279 g/mol. The molecule has 0 bridgehead atoms. The van der Waals surface area contributed by atoms with Crippen molar-refractivity contribution in [1.29, 1.82) is 0 Å². The Morgan fingerprint density at radius 1 is 1.20 bits per heavy atom. The number of hydrogen-bond donors (Lipinski definition) is 1. The Hall–Kier alpha value is -1.26. The summed E-state index contributed by atoms with van der Waals surface area (Å²) in [4.78, 5) is 0. The number of ether oxygens (including phenoxy) is 3. The molecular formula is C16H25NO3. The summed E-state index contributed by atoms with van der Waals surface area (Å²) in [5, 5.41) is 3.50.